The molecule has 1 atom stereocenters. The first-order valence-corrected chi connectivity index (χ1v) is 9.64. The summed E-state index contributed by atoms with van der Waals surface area (Å²) in [5.41, 5.74) is 7.30. The molecular weight excluding hydrogens is 611 g/mol. The molecule has 1 aromatic rings. The molecule has 1 rings (SSSR count). The number of halogens is 3. The van der Waals surface area contributed by atoms with Gasteiger partial charge in [0.05, 0.1) is 11.7 Å². The fourth-order valence-electron chi connectivity index (χ4n) is 1.88. The second-order valence-electron chi connectivity index (χ2n) is 4.71. The van der Waals surface area contributed by atoms with Crippen LogP contribution in [0.5, 0.6) is 0 Å². The van der Waals surface area contributed by atoms with E-state index in [1.54, 1.807) is 0 Å². The lowest BCUT2D eigenvalue weighted by molar-refractivity contribution is 0.0935. The third-order valence-electron chi connectivity index (χ3n) is 3.24. The fraction of sp³-hybridized carbons (Fsp3) is 0.429. The van der Waals surface area contributed by atoms with Gasteiger partial charge in [0.25, 0.3) is 5.91 Å². The molecule has 1 amide bonds. The Bertz CT molecular complexity index is 588. The summed E-state index contributed by atoms with van der Waals surface area (Å²) < 4.78 is 2.25. The van der Waals surface area contributed by atoms with Gasteiger partial charge in [-0.1, -0.05) is 6.92 Å². The van der Waals surface area contributed by atoms with Crippen LogP contribution in [0.15, 0.2) is 0 Å². The molecule has 0 spiro atoms. The normalized spacial score (nSPS) is 12.3. The first-order chi connectivity index (χ1) is 9.72. The quantitative estimate of drug-likeness (QED) is 0.374. The van der Waals surface area contributed by atoms with Gasteiger partial charge in [-0.3, -0.25) is 9.59 Å². The van der Waals surface area contributed by atoms with Crippen molar-refractivity contribution < 1.29 is 14.7 Å². The number of ketones is 1. The zero-order valence-corrected chi connectivity index (χ0v) is 18.1. The van der Waals surface area contributed by atoms with E-state index in [2.05, 4.69) is 45.2 Å². The van der Waals surface area contributed by atoms with Gasteiger partial charge in [-0.25, -0.2) is 0 Å². The number of aliphatic hydroxyl groups is 1. The number of amides is 1. The number of rotatable bonds is 6. The van der Waals surface area contributed by atoms with Crippen molar-refractivity contribution in [3.05, 3.63) is 27.4 Å². The summed E-state index contributed by atoms with van der Waals surface area (Å²) in [7, 11) is 0. The molecule has 0 bridgehead atoms. The Kier molecular flexibility index (Phi) is 7.81. The van der Waals surface area contributed by atoms with E-state index in [0.717, 1.165) is 12.7 Å². The SMILES string of the molecule is CCC(O)CCC(=O)c1c(I)c(C)c(I)c(C(N)=O)c1I. The van der Waals surface area contributed by atoms with Crippen LogP contribution in [0.1, 0.15) is 52.5 Å². The van der Waals surface area contributed by atoms with Gasteiger partial charge in [-0.05, 0) is 93.1 Å². The van der Waals surface area contributed by atoms with Gasteiger partial charge in [0.15, 0.2) is 5.78 Å². The van der Waals surface area contributed by atoms with Crippen molar-refractivity contribution in [1.29, 1.82) is 0 Å². The van der Waals surface area contributed by atoms with Crippen molar-refractivity contribution in [3.63, 3.8) is 0 Å². The predicted octanol–water partition coefficient (Wildman–Crippen LogP) is 3.64. The van der Waals surface area contributed by atoms with E-state index in [1.165, 1.54) is 0 Å². The monoisotopic (exact) mass is 627 g/mol. The molecule has 3 N–H and O–H groups in total. The lowest BCUT2D eigenvalue weighted by Gasteiger charge is -2.16. The molecular formula is C14H16I3NO3. The molecule has 0 radical (unpaired) electrons. The first kappa shape index (κ1) is 19.6. The van der Waals surface area contributed by atoms with E-state index in [-0.39, 0.29) is 12.2 Å². The van der Waals surface area contributed by atoms with E-state index in [1.807, 2.05) is 36.4 Å². The van der Waals surface area contributed by atoms with Gasteiger partial charge in [-0.2, -0.15) is 0 Å². The zero-order valence-electron chi connectivity index (χ0n) is 11.7. The van der Waals surface area contributed by atoms with E-state index in [0.29, 0.717) is 27.5 Å². The van der Waals surface area contributed by atoms with Gasteiger partial charge >= 0.3 is 0 Å². The van der Waals surface area contributed by atoms with Crippen molar-refractivity contribution in [2.45, 2.75) is 39.2 Å². The Morgan fingerprint density at radius 3 is 2.14 bits per heavy atom. The molecule has 1 unspecified atom stereocenters. The molecule has 21 heavy (non-hydrogen) atoms. The van der Waals surface area contributed by atoms with Crippen LogP contribution in [0.3, 0.4) is 0 Å². The number of nitrogens with two attached hydrogens (primary N) is 1. The third-order valence-corrected chi connectivity index (χ3v) is 7.01. The molecule has 0 aliphatic heterocycles. The Labute approximate surface area is 165 Å². The van der Waals surface area contributed by atoms with Crippen molar-refractivity contribution in [2.24, 2.45) is 5.73 Å². The van der Waals surface area contributed by atoms with Crippen LogP contribution >= 0.6 is 67.8 Å². The highest BCUT2D eigenvalue weighted by Crippen LogP contribution is 2.32. The summed E-state index contributed by atoms with van der Waals surface area (Å²) in [6, 6.07) is 0. The molecule has 0 aromatic heterocycles. The molecule has 116 valence electrons. The minimum atomic E-state index is -0.522. The number of Topliss-reactive ketones (excluding diaryl/α,β-unsaturated/α-hetero) is 1. The molecule has 4 nitrogen and oxygen atoms in total. The fourth-order valence-corrected chi connectivity index (χ4v) is 6.18. The summed E-state index contributed by atoms with van der Waals surface area (Å²) in [6.45, 7) is 3.76. The zero-order chi connectivity index (χ0) is 16.3. The maximum Gasteiger partial charge on any atom is 0.250 e. The summed E-state index contributed by atoms with van der Waals surface area (Å²) in [5.74, 6) is -0.579. The summed E-state index contributed by atoms with van der Waals surface area (Å²) >= 11 is 6.23. The smallest absolute Gasteiger partial charge is 0.250 e. The summed E-state index contributed by atoms with van der Waals surface area (Å²) in [6.07, 6.45) is 0.849. The summed E-state index contributed by atoms with van der Waals surface area (Å²) in [4.78, 5) is 24.1. The highest BCUT2D eigenvalue weighted by Gasteiger charge is 2.25. The van der Waals surface area contributed by atoms with E-state index < -0.39 is 12.0 Å². The van der Waals surface area contributed by atoms with Crippen LogP contribution < -0.4 is 5.73 Å². The van der Waals surface area contributed by atoms with Gasteiger partial charge in [0.2, 0.25) is 0 Å². The molecule has 0 saturated heterocycles. The van der Waals surface area contributed by atoms with Crippen LogP contribution in [-0.2, 0) is 0 Å². The van der Waals surface area contributed by atoms with Gasteiger partial charge < -0.3 is 10.8 Å². The van der Waals surface area contributed by atoms with Crippen LogP contribution in [0.25, 0.3) is 0 Å². The molecule has 0 aliphatic rings. The molecule has 0 aliphatic carbocycles. The van der Waals surface area contributed by atoms with E-state index in [4.69, 9.17) is 5.73 Å². The Morgan fingerprint density at radius 2 is 1.67 bits per heavy atom. The highest BCUT2D eigenvalue weighted by molar-refractivity contribution is 14.1. The van der Waals surface area contributed by atoms with Crippen molar-refractivity contribution in [3.8, 4) is 0 Å². The standard InChI is InChI=1S/C14H16I3NO3/c1-3-7(19)4-5-8(20)9-11(15)6(2)12(16)10(13(9)17)14(18)21/h7,19H,3-5H2,1-2H3,(H2,18,21). The number of hydrogen-bond donors (Lipinski definition) is 2. The Morgan fingerprint density at radius 1 is 1.14 bits per heavy atom. The van der Waals surface area contributed by atoms with Crippen LogP contribution in [0.2, 0.25) is 0 Å². The average molecular weight is 627 g/mol. The number of hydrogen-bond acceptors (Lipinski definition) is 3. The maximum absolute atomic E-state index is 12.5. The average Bonchev–Trinajstić information content (AvgIpc) is 2.42. The first-order valence-electron chi connectivity index (χ1n) is 6.40. The van der Waals surface area contributed by atoms with Gasteiger partial charge in [-0.15, -0.1) is 0 Å². The lowest BCUT2D eigenvalue weighted by atomic mass is 9.99. The third kappa shape index (κ3) is 4.50. The van der Waals surface area contributed by atoms with Gasteiger partial charge in [0, 0.05) is 22.7 Å². The highest BCUT2D eigenvalue weighted by atomic mass is 127. The van der Waals surface area contributed by atoms with Crippen molar-refractivity contribution >= 4 is 79.5 Å². The van der Waals surface area contributed by atoms with E-state index >= 15 is 0 Å². The van der Waals surface area contributed by atoms with Crippen LogP contribution in [-0.4, -0.2) is 22.9 Å². The number of primary amides is 1. The van der Waals surface area contributed by atoms with Crippen LogP contribution in [0, 0.1) is 17.6 Å². The number of benzene rings is 1. The number of carbonyl (C=O) groups excluding carboxylic acids is 2. The Hall–Kier alpha value is 0.510. The van der Waals surface area contributed by atoms with Crippen molar-refractivity contribution in [2.75, 3.05) is 0 Å². The molecule has 0 fully saturated rings. The number of aliphatic hydroxyl groups excluding tert-OH is 1. The molecule has 0 heterocycles. The molecule has 0 saturated carbocycles. The van der Waals surface area contributed by atoms with Gasteiger partial charge in [0.1, 0.15) is 0 Å². The molecule has 1 aromatic carbocycles. The second-order valence-corrected chi connectivity index (χ2v) is 7.94. The van der Waals surface area contributed by atoms with Crippen molar-refractivity contribution in [1.82, 2.24) is 0 Å². The predicted molar refractivity (Wildman–Crippen MR) is 108 cm³/mol. The largest absolute Gasteiger partial charge is 0.393 e. The minimum Gasteiger partial charge on any atom is -0.393 e. The Balaban J connectivity index is 3.30. The van der Waals surface area contributed by atoms with E-state index in [9.17, 15) is 14.7 Å². The van der Waals surface area contributed by atoms with Crippen LogP contribution in [0.4, 0.5) is 0 Å². The topological polar surface area (TPSA) is 80.4 Å². The lowest BCUT2D eigenvalue weighted by Crippen LogP contribution is -2.20. The molecule has 7 heteroatoms. The number of carbonyl (C=O) groups is 2. The second kappa shape index (κ2) is 8.39. The summed E-state index contributed by atoms with van der Waals surface area (Å²) in [5, 5.41) is 9.60. The minimum absolute atomic E-state index is 0.0571. The maximum atomic E-state index is 12.5.